The van der Waals surface area contributed by atoms with Gasteiger partial charge in [0, 0.05) is 6.42 Å². The second kappa shape index (κ2) is 6.11. The molecular formula is C12H23NO2. The van der Waals surface area contributed by atoms with Gasteiger partial charge in [-0.25, -0.2) is 0 Å². The number of hydrogen-bond acceptors (Lipinski definition) is 2. The van der Waals surface area contributed by atoms with Crippen molar-refractivity contribution < 1.29 is 9.90 Å². The Morgan fingerprint density at radius 3 is 2.47 bits per heavy atom. The van der Waals surface area contributed by atoms with Crippen molar-refractivity contribution in [3.8, 4) is 0 Å². The number of nitrogens with zero attached hydrogens (tertiary/aromatic N) is 1. The number of carboxylic acids is 1. The minimum absolute atomic E-state index is 0.360. The highest BCUT2D eigenvalue weighted by molar-refractivity contribution is 5.67. The zero-order valence-electron chi connectivity index (χ0n) is 9.91. The van der Waals surface area contributed by atoms with Crippen molar-refractivity contribution in [3.63, 3.8) is 0 Å². The van der Waals surface area contributed by atoms with Crippen LogP contribution in [-0.2, 0) is 4.79 Å². The summed E-state index contributed by atoms with van der Waals surface area (Å²) in [7, 11) is 4.10. The molecule has 1 aliphatic rings. The lowest BCUT2D eigenvalue weighted by atomic mass is 9.85. The van der Waals surface area contributed by atoms with Gasteiger partial charge in [0.25, 0.3) is 0 Å². The maximum absolute atomic E-state index is 10.8. The standard InChI is InChI=1S/C12H23NO2/c1-13(2)8-7-11(9-12(14)15)10-5-3-4-6-10/h10-11H,3-9H2,1-2H3,(H,14,15). The Morgan fingerprint density at radius 2 is 2.00 bits per heavy atom. The summed E-state index contributed by atoms with van der Waals surface area (Å²) in [4.78, 5) is 12.9. The van der Waals surface area contributed by atoms with Crippen molar-refractivity contribution in [2.24, 2.45) is 11.8 Å². The third-order valence-electron chi connectivity index (χ3n) is 3.45. The minimum Gasteiger partial charge on any atom is -0.481 e. The summed E-state index contributed by atoms with van der Waals surface area (Å²) in [5.41, 5.74) is 0. The van der Waals surface area contributed by atoms with E-state index in [9.17, 15) is 4.79 Å². The molecule has 0 aromatic carbocycles. The van der Waals surface area contributed by atoms with E-state index in [1.807, 2.05) is 14.1 Å². The molecule has 0 heterocycles. The summed E-state index contributed by atoms with van der Waals surface area (Å²) in [6.07, 6.45) is 6.46. The third-order valence-corrected chi connectivity index (χ3v) is 3.45. The van der Waals surface area contributed by atoms with E-state index < -0.39 is 5.97 Å². The maximum atomic E-state index is 10.8. The van der Waals surface area contributed by atoms with E-state index in [0.717, 1.165) is 13.0 Å². The van der Waals surface area contributed by atoms with E-state index in [4.69, 9.17) is 5.11 Å². The van der Waals surface area contributed by atoms with Gasteiger partial charge in [0.05, 0.1) is 0 Å². The quantitative estimate of drug-likeness (QED) is 0.735. The molecule has 3 nitrogen and oxygen atoms in total. The zero-order valence-corrected chi connectivity index (χ0v) is 9.91. The summed E-state index contributed by atoms with van der Waals surface area (Å²) in [5.74, 6) is 0.430. The fourth-order valence-corrected chi connectivity index (χ4v) is 2.58. The van der Waals surface area contributed by atoms with Crippen LogP contribution in [-0.4, -0.2) is 36.6 Å². The molecular weight excluding hydrogens is 190 g/mol. The molecule has 1 unspecified atom stereocenters. The molecule has 1 atom stereocenters. The van der Waals surface area contributed by atoms with E-state index in [1.54, 1.807) is 0 Å². The molecule has 1 rings (SSSR count). The van der Waals surface area contributed by atoms with E-state index >= 15 is 0 Å². The van der Waals surface area contributed by atoms with Crippen LogP contribution >= 0.6 is 0 Å². The molecule has 0 bridgehead atoms. The van der Waals surface area contributed by atoms with Crippen LogP contribution in [0.2, 0.25) is 0 Å². The van der Waals surface area contributed by atoms with E-state index in [-0.39, 0.29) is 0 Å². The van der Waals surface area contributed by atoms with Gasteiger partial charge < -0.3 is 10.0 Å². The topological polar surface area (TPSA) is 40.5 Å². The summed E-state index contributed by atoms with van der Waals surface area (Å²) < 4.78 is 0. The fourth-order valence-electron chi connectivity index (χ4n) is 2.58. The van der Waals surface area contributed by atoms with Gasteiger partial charge in [-0.3, -0.25) is 4.79 Å². The molecule has 1 aliphatic carbocycles. The number of aliphatic carboxylic acids is 1. The number of hydrogen-bond donors (Lipinski definition) is 1. The monoisotopic (exact) mass is 213 g/mol. The summed E-state index contributed by atoms with van der Waals surface area (Å²) >= 11 is 0. The average molecular weight is 213 g/mol. The molecule has 3 heteroatoms. The normalized spacial score (nSPS) is 19.7. The van der Waals surface area contributed by atoms with Gasteiger partial charge in [0.15, 0.2) is 0 Å². The maximum Gasteiger partial charge on any atom is 0.303 e. The van der Waals surface area contributed by atoms with E-state index in [0.29, 0.717) is 18.3 Å². The van der Waals surface area contributed by atoms with Crippen LogP contribution in [0.4, 0.5) is 0 Å². The smallest absolute Gasteiger partial charge is 0.303 e. The largest absolute Gasteiger partial charge is 0.481 e. The molecule has 1 fully saturated rings. The van der Waals surface area contributed by atoms with Crippen molar-refractivity contribution in [2.75, 3.05) is 20.6 Å². The third kappa shape index (κ3) is 4.65. The van der Waals surface area contributed by atoms with Crippen LogP contribution in [0.1, 0.15) is 38.5 Å². The van der Waals surface area contributed by atoms with Gasteiger partial charge >= 0.3 is 5.97 Å². The lowest BCUT2D eigenvalue weighted by Crippen LogP contribution is -2.22. The Bertz CT molecular complexity index is 198. The average Bonchev–Trinajstić information content (AvgIpc) is 2.63. The Labute approximate surface area is 92.5 Å². The van der Waals surface area contributed by atoms with Crippen molar-refractivity contribution in [1.82, 2.24) is 4.90 Å². The fraction of sp³-hybridized carbons (Fsp3) is 0.917. The van der Waals surface area contributed by atoms with Crippen molar-refractivity contribution in [3.05, 3.63) is 0 Å². The SMILES string of the molecule is CN(C)CCC(CC(=O)O)C1CCCC1. The van der Waals surface area contributed by atoms with Gasteiger partial charge in [-0.05, 0) is 38.9 Å². The number of rotatable bonds is 6. The van der Waals surface area contributed by atoms with Crippen LogP contribution in [0.3, 0.4) is 0 Å². The van der Waals surface area contributed by atoms with Crippen molar-refractivity contribution in [2.45, 2.75) is 38.5 Å². The summed E-state index contributed by atoms with van der Waals surface area (Å²) in [6.45, 7) is 1.01. The first kappa shape index (κ1) is 12.5. The molecule has 0 spiro atoms. The molecule has 0 amide bonds. The molecule has 0 aromatic heterocycles. The molecule has 1 N–H and O–H groups in total. The molecule has 0 aliphatic heterocycles. The van der Waals surface area contributed by atoms with Crippen LogP contribution in [0.5, 0.6) is 0 Å². The van der Waals surface area contributed by atoms with Gasteiger partial charge in [-0.2, -0.15) is 0 Å². The minimum atomic E-state index is -0.634. The molecule has 0 radical (unpaired) electrons. The zero-order chi connectivity index (χ0) is 11.3. The molecule has 1 saturated carbocycles. The molecule has 0 aromatic rings. The van der Waals surface area contributed by atoms with Crippen LogP contribution in [0, 0.1) is 11.8 Å². The highest BCUT2D eigenvalue weighted by Gasteiger charge is 2.26. The number of carboxylic acid groups (broad SMARTS) is 1. The highest BCUT2D eigenvalue weighted by atomic mass is 16.4. The lowest BCUT2D eigenvalue weighted by molar-refractivity contribution is -0.138. The predicted octanol–water partition coefficient (Wildman–Crippen LogP) is 2.22. The van der Waals surface area contributed by atoms with Crippen LogP contribution < -0.4 is 0 Å². The molecule has 0 saturated heterocycles. The Hall–Kier alpha value is -0.570. The first-order valence-electron chi connectivity index (χ1n) is 5.96. The highest BCUT2D eigenvalue weighted by Crippen LogP contribution is 2.34. The Kier molecular flexibility index (Phi) is 5.09. The van der Waals surface area contributed by atoms with Gasteiger partial charge in [0.2, 0.25) is 0 Å². The first-order chi connectivity index (χ1) is 7.09. The van der Waals surface area contributed by atoms with Crippen LogP contribution in [0.25, 0.3) is 0 Å². The Morgan fingerprint density at radius 1 is 1.40 bits per heavy atom. The van der Waals surface area contributed by atoms with E-state index in [1.165, 1.54) is 25.7 Å². The summed E-state index contributed by atoms with van der Waals surface area (Å²) in [6, 6.07) is 0. The van der Waals surface area contributed by atoms with Crippen molar-refractivity contribution >= 4 is 5.97 Å². The second-order valence-electron chi connectivity index (χ2n) is 4.99. The van der Waals surface area contributed by atoms with Crippen LogP contribution in [0.15, 0.2) is 0 Å². The van der Waals surface area contributed by atoms with Gasteiger partial charge in [-0.15, -0.1) is 0 Å². The van der Waals surface area contributed by atoms with E-state index in [2.05, 4.69) is 4.90 Å². The first-order valence-corrected chi connectivity index (χ1v) is 5.96. The predicted molar refractivity (Wildman–Crippen MR) is 60.9 cm³/mol. The second-order valence-corrected chi connectivity index (χ2v) is 4.99. The lowest BCUT2D eigenvalue weighted by Gasteiger charge is -2.23. The molecule has 88 valence electrons. The van der Waals surface area contributed by atoms with Gasteiger partial charge in [0.1, 0.15) is 0 Å². The molecule has 15 heavy (non-hydrogen) atoms. The van der Waals surface area contributed by atoms with Crippen molar-refractivity contribution in [1.29, 1.82) is 0 Å². The van der Waals surface area contributed by atoms with Gasteiger partial charge in [-0.1, -0.05) is 25.7 Å². The Balaban J connectivity index is 2.40. The number of carbonyl (C=O) groups is 1. The summed E-state index contributed by atoms with van der Waals surface area (Å²) in [5, 5.41) is 8.90.